The summed E-state index contributed by atoms with van der Waals surface area (Å²) >= 11 is 2.73. The number of aromatic nitrogens is 3. The molecule has 0 aliphatic rings. The van der Waals surface area contributed by atoms with Gasteiger partial charge in [0.05, 0.1) is 21.3 Å². The van der Waals surface area contributed by atoms with Crippen molar-refractivity contribution in [2.75, 3.05) is 11.5 Å². The number of hydrogen-bond donors (Lipinski definition) is 0. The van der Waals surface area contributed by atoms with Gasteiger partial charge in [0, 0.05) is 5.75 Å². The molecule has 0 saturated carbocycles. The van der Waals surface area contributed by atoms with Crippen molar-refractivity contribution in [2.45, 2.75) is 24.0 Å². The quantitative estimate of drug-likeness (QED) is 0.605. The van der Waals surface area contributed by atoms with E-state index in [-0.39, 0.29) is 5.75 Å². The molecule has 0 aliphatic carbocycles. The van der Waals surface area contributed by atoms with Crippen molar-refractivity contribution < 1.29 is 12.8 Å². The van der Waals surface area contributed by atoms with Crippen LogP contribution in [-0.4, -0.2) is 35.1 Å². The molecule has 2 heterocycles. The predicted molar refractivity (Wildman–Crippen MR) is 94.1 cm³/mol. The molecule has 0 atom stereocenters. The molecule has 0 saturated heterocycles. The SMILES string of the molecule is Cc1nc(C)c(-c2nnc(SCCS(=O)(=O)c3ccccc3)o2)s1. The number of sulfone groups is 1. The maximum absolute atomic E-state index is 12.2. The van der Waals surface area contributed by atoms with Crippen LogP contribution in [0.2, 0.25) is 0 Å². The third-order valence-corrected chi connectivity index (χ3v) is 7.06. The average Bonchev–Trinajstić information content (AvgIpc) is 3.14. The van der Waals surface area contributed by atoms with E-state index in [1.807, 2.05) is 13.8 Å². The molecule has 0 fully saturated rings. The zero-order valence-electron chi connectivity index (χ0n) is 13.1. The molecule has 0 amide bonds. The van der Waals surface area contributed by atoms with E-state index in [0.717, 1.165) is 15.6 Å². The van der Waals surface area contributed by atoms with Crippen molar-refractivity contribution in [1.29, 1.82) is 0 Å². The second-order valence-corrected chi connectivity index (χ2v) is 9.36. The number of thiazole rings is 1. The van der Waals surface area contributed by atoms with Crippen molar-refractivity contribution in [3.05, 3.63) is 41.0 Å². The Morgan fingerprint density at radius 3 is 2.58 bits per heavy atom. The van der Waals surface area contributed by atoms with Crippen molar-refractivity contribution in [3.63, 3.8) is 0 Å². The third-order valence-electron chi connectivity index (χ3n) is 3.18. The van der Waals surface area contributed by atoms with Crippen LogP contribution in [0, 0.1) is 13.8 Å². The highest BCUT2D eigenvalue weighted by Crippen LogP contribution is 2.30. The standard InChI is InChI=1S/C15H15N3O3S3/c1-10-13(23-11(2)16-10)14-17-18-15(21-14)22-8-9-24(19,20)12-6-4-3-5-7-12/h3-7H,8-9H2,1-2H3. The first kappa shape index (κ1) is 17.1. The molecule has 0 radical (unpaired) electrons. The van der Waals surface area contributed by atoms with Crippen molar-refractivity contribution in [3.8, 4) is 10.8 Å². The molecule has 0 N–H and O–H groups in total. The Morgan fingerprint density at radius 1 is 1.17 bits per heavy atom. The first-order chi connectivity index (χ1) is 11.5. The highest BCUT2D eigenvalue weighted by atomic mass is 32.2. The number of benzene rings is 1. The lowest BCUT2D eigenvalue weighted by Crippen LogP contribution is -2.08. The minimum atomic E-state index is -3.30. The van der Waals surface area contributed by atoms with Crippen LogP contribution in [-0.2, 0) is 9.84 Å². The Morgan fingerprint density at radius 2 is 1.92 bits per heavy atom. The fraction of sp³-hybridized carbons (Fsp3) is 0.267. The minimum Gasteiger partial charge on any atom is -0.410 e. The van der Waals surface area contributed by atoms with Crippen LogP contribution in [0.25, 0.3) is 10.8 Å². The molecule has 3 rings (SSSR count). The summed E-state index contributed by atoms with van der Waals surface area (Å²) in [5.41, 5.74) is 0.851. The normalized spacial score (nSPS) is 11.8. The topological polar surface area (TPSA) is 86.0 Å². The van der Waals surface area contributed by atoms with Crippen LogP contribution >= 0.6 is 23.1 Å². The Kier molecular flexibility index (Phi) is 5.02. The highest BCUT2D eigenvalue weighted by molar-refractivity contribution is 8.00. The molecule has 6 nitrogen and oxygen atoms in total. The molecule has 24 heavy (non-hydrogen) atoms. The maximum atomic E-state index is 12.2. The van der Waals surface area contributed by atoms with Gasteiger partial charge in [-0.05, 0) is 26.0 Å². The third kappa shape index (κ3) is 3.85. The average molecular weight is 382 g/mol. The second kappa shape index (κ2) is 7.04. The van der Waals surface area contributed by atoms with Crippen molar-refractivity contribution >= 4 is 32.9 Å². The summed E-state index contributed by atoms with van der Waals surface area (Å²) in [6.45, 7) is 3.81. The summed E-state index contributed by atoms with van der Waals surface area (Å²) in [6.07, 6.45) is 0. The lowest BCUT2D eigenvalue weighted by Gasteiger charge is -2.02. The van der Waals surface area contributed by atoms with E-state index in [9.17, 15) is 8.42 Å². The van der Waals surface area contributed by atoms with Crippen LogP contribution in [0.5, 0.6) is 0 Å². The Bertz CT molecular complexity index is 933. The number of thioether (sulfide) groups is 1. The molecule has 0 bridgehead atoms. The van der Waals surface area contributed by atoms with E-state index in [2.05, 4.69) is 15.2 Å². The summed E-state index contributed by atoms with van der Waals surface area (Å²) in [5.74, 6) is 0.781. The lowest BCUT2D eigenvalue weighted by atomic mass is 10.4. The number of aryl methyl sites for hydroxylation is 2. The summed E-state index contributed by atoms with van der Waals surface area (Å²) < 4.78 is 30.0. The van der Waals surface area contributed by atoms with Crippen molar-refractivity contribution in [1.82, 2.24) is 15.2 Å². The molecule has 3 aromatic rings. The molecule has 0 aliphatic heterocycles. The van der Waals surface area contributed by atoms with Gasteiger partial charge in [0.2, 0.25) is 0 Å². The fourth-order valence-electron chi connectivity index (χ4n) is 2.07. The van der Waals surface area contributed by atoms with E-state index < -0.39 is 9.84 Å². The van der Waals surface area contributed by atoms with Crippen LogP contribution in [0.3, 0.4) is 0 Å². The first-order valence-corrected chi connectivity index (χ1v) is 10.6. The number of hydrogen-bond acceptors (Lipinski definition) is 8. The van der Waals surface area contributed by atoms with Gasteiger partial charge < -0.3 is 4.42 Å². The highest BCUT2D eigenvalue weighted by Gasteiger charge is 2.17. The summed E-state index contributed by atoms with van der Waals surface area (Å²) in [7, 11) is -3.30. The minimum absolute atomic E-state index is 0.0120. The Labute approximate surface area is 148 Å². The van der Waals surface area contributed by atoms with Crippen LogP contribution in [0.1, 0.15) is 10.7 Å². The summed E-state index contributed by atoms with van der Waals surface area (Å²) in [5, 5.41) is 9.28. The molecule has 126 valence electrons. The number of nitrogens with zero attached hydrogens (tertiary/aromatic N) is 3. The zero-order chi connectivity index (χ0) is 17.2. The second-order valence-electron chi connectivity index (χ2n) is 5.00. The molecular weight excluding hydrogens is 366 g/mol. The van der Waals surface area contributed by atoms with E-state index in [1.54, 1.807) is 30.3 Å². The first-order valence-electron chi connectivity index (χ1n) is 7.14. The van der Waals surface area contributed by atoms with Gasteiger partial charge in [0.15, 0.2) is 9.84 Å². The number of rotatable bonds is 6. The summed E-state index contributed by atoms with van der Waals surface area (Å²) in [4.78, 5) is 5.51. The fourth-order valence-corrected chi connectivity index (χ4v) is 5.34. The maximum Gasteiger partial charge on any atom is 0.276 e. The molecule has 1 aromatic carbocycles. The van der Waals surface area contributed by atoms with E-state index in [0.29, 0.717) is 21.8 Å². The Balaban J connectivity index is 1.63. The van der Waals surface area contributed by atoms with Gasteiger partial charge in [0.1, 0.15) is 4.88 Å². The monoisotopic (exact) mass is 381 g/mol. The van der Waals surface area contributed by atoms with Gasteiger partial charge in [-0.15, -0.1) is 21.5 Å². The zero-order valence-corrected chi connectivity index (χ0v) is 15.5. The van der Waals surface area contributed by atoms with Crippen LogP contribution < -0.4 is 0 Å². The van der Waals surface area contributed by atoms with Gasteiger partial charge in [-0.3, -0.25) is 0 Å². The molecule has 0 unspecified atom stereocenters. The van der Waals surface area contributed by atoms with Gasteiger partial charge in [-0.25, -0.2) is 13.4 Å². The summed E-state index contributed by atoms with van der Waals surface area (Å²) in [6, 6.07) is 8.41. The van der Waals surface area contributed by atoms with Crippen LogP contribution in [0.15, 0.2) is 44.9 Å². The van der Waals surface area contributed by atoms with E-state index >= 15 is 0 Å². The molecule has 9 heteroatoms. The molecule has 2 aromatic heterocycles. The van der Waals surface area contributed by atoms with Gasteiger partial charge in [-0.2, -0.15) is 0 Å². The lowest BCUT2D eigenvalue weighted by molar-refractivity contribution is 0.466. The van der Waals surface area contributed by atoms with Gasteiger partial charge in [-0.1, -0.05) is 30.0 Å². The van der Waals surface area contributed by atoms with E-state index in [1.165, 1.54) is 23.1 Å². The largest absolute Gasteiger partial charge is 0.410 e. The smallest absolute Gasteiger partial charge is 0.276 e. The van der Waals surface area contributed by atoms with Gasteiger partial charge in [0.25, 0.3) is 11.1 Å². The molecule has 0 spiro atoms. The van der Waals surface area contributed by atoms with Crippen LogP contribution in [0.4, 0.5) is 0 Å². The Hall–Kier alpha value is -1.71. The van der Waals surface area contributed by atoms with Gasteiger partial charge >= 0.3 is 0 Å². The predicted octanol–water partition coefficient (Wildman–Crippen LogP) is 3.38. The van der Waals surface area contributed by atoms with Crippen molar-refractivity contribution in [2.24, 2.45) is 0 Å². The molecular formula is C15H15N3O3S3. The van der Waals surface area contributed by atoms with E-state index in [4.69, 9.17) is 4.42 Å².